The van der Waals surface area contributed by atoms with E-state index in [9.17, 15) is 13.2 Å². The molecule has 2 aromatic rings. The van der Waals surface area contributed by atoms with Gasteiger partial charge in [-0.2, -0.15) is 0 Å². The zero-order valence-corrected chi connectivity index (χ0v) is 15.3. The highest BCUT2D eigenvalue weighted by Crippen LogP contribution is 2.36. The fraction of sp³-hybridized carbons (Fsp3) is 0.333. The van der Waals surface area contributed by atoms with E-state index in [2.05, 4.69) is 15.9 Å². The average molecular weight is 416 g/mol. The number of piperidine rings is 1. The molecule has 1 aliphatic heterocycles. The van der Waals surface area contributed by atoms with E-state index in [4.69, 9.17) is 0 Å². The third-order valence-electron chi connectivity index (χ3n) is 4.13. The predicted molar refractivity (Wildman–Crippen MR) is 96.5 cm³/mol. The van der Waals surface area contributed by atoms with E-state index in [0.29, 0.717) is 29.7 Å². The molecule has 0 saturated carbocycles. The quantitative estimate of drug-likeness (QED) is 0.583. The Morgan fingerprint density at radius 1 is 1.00 bits per heavy atom. The molecule has 0 N–H and O–H groups in total. The molecule has 0 atom stereocenters. The number of nitrogens with zero attached hydrogens (tertiary/aromatic N) is 1. The molecular formula is C18H17BrF3NS. The van der Waals surface area contributed by atoms with Crippen molar-refractivity contribution in [3.63, 3.8) is 0 Å². The maximum absolute atomic E-state index is 14.1. The monoisotopic (exact) mass is 415 g/mol. The van der Waals surface area contributed by atoms with Crippen LogP contribution >= 0.6 is 27.7 Å². The van der Waals surface area contributed by atoms with Crippen molar-refractivity contribution in [2.45, 2.75) is 28.3 Å². The minimum absolute atomic E-state index is 0.0871. The summed E-state index contributed by atoms with van der Waals surface area (Å²) in [5.74, 6) is -1.25. The normalized spacial score (nSPS) is 15.8. The van der Waals surface area contributed by atoms with Gasteiger partial charge >= 0.3 is 0 Å². The van der Waals surface area contributed by atoms with E-state index in [1.54, 1.807) is 12.1 Å². The van der Waals surface area contributed by atoms with E-state index >= 15 is 0 Å². The zero-order valence-electron chi connectivity index (χ0n) is 12.9. The summed E-state index contributed by atoms with van der Waals surface area (Å²) in [6.45, 7) is 1.36. The molecule has 0 spiro atoms. The molecule has 2 aromatic carbocycles. The number of thioether (sulfide) groups is 1. The molecular weight excluding hydrogens is 399 g/mol. The van der Waals surface area contributed by atoms with E-state index in [1.165, 1.54) is 30.0 Å². The number of para-hydroxylation sites is 1. The SMILES string of the molecule is Fc1ccccc1N1CCC(Sc2c(F)cc(CBr)cc2F)CC1. The van der Waals surface area contributed by atoms with Gasteiger partial charge in [0.25, 0.3) is 0 Å². The van der Waals surface area contributed by atoms with E-state index in [1.807, 2.05) is 11.0 Å². The fourth-order valence-electron chi connectivity index (χ4n) is 2.89. The van der Waals surface area contributed by atoms with Gasteiger partial charge in [-0.05, 0) is 42.7 Å². The molecule has 0 amide bonds. The Kier molecular flexibility index (Phi) is 5.76. The molecule has 0 bridgehead atoms. The molecule has 0 aromatic heterocycles. The van der Waals surface area contributed by atoms with Gasteiger partial charge in [-0.15, -0.1) is 11.8 Å². The average Bonchev–Trinajstić information content (AvgIpc) is 2.59. The van der Waals surface area contributed by atoms with E-state index < -0.39 is 11.6 Å². The summed E-state index contributed by atoms with van der Waals surface area (Å²) in [5.41, 5.74) is 1.18. The standard InChI is InChI=1S/C18H17BrF3NS/c19-11-12-9-15(21)18(16(22)10-12)24-13-5-7-23(8-6-13)17-4-2-1-3-14(17)20/h1-4,9-10,13H,5-8,11H2. The van der Waals surface area contributed by atoms with Crippen LogP contribution in [0, 0.1) is 17.5 Å². The highest BCUT2D eigenvalue weighted by Gasteiger charge is 2.24. The van der Waals surface area contributed by atoms with Crippen LogP contribution < -0.4 is 4.90 Å². The van der Waals surface area contributed by atoms with Crippen LogP contribution in [-0.2, 0) is 5.33 Å². The summed E-state index contributed by atoms with van der Waals surface area (Å²) < 4.78 is 42.1. The Morgan fingerprint density at radius 3 is 2.21 bits per heavy atom. The lowest BCUT2D eigenvalue weighted by atomic mass is 10.1. The highest BCUT2D eigenvalue weighted by molar-refractivity contribution is 9.08. The third-order valence-corrected chi connectivity index (χ3v) is 6.21. The van der Waals surface area contributed by atoms with Crippen LogP contribution in [0.1, 0.15) is 18.4 Å². The summed E-state index contributed by atoms with van der Waals surface area (Å²) in [7, 11) is 0. The second kappa shape index (κ2) is 7.83. The van der Waals surface area contributed by atoms with Crippen molar-refractivity contribution < 1.29 is 13.2 Å². The van der Waals surface area contributed by atoms with Gasteiger partial charge in [-0.3, -0.25) is 0 Å². The molecule has 1 aliphatic rings. The number of halogens is 4. The largest absolute Gasteiger partial charge is 0.369 e. The second-order valence-electron chi connectivity index (χ2n) is 5.78. The van der Waals surface area contributed by atoms with Gasteiger partial charge in [0, 0.05) is 23.7 Å². The Balaban J connectivity index is 1.65. The molecule has 24 heavy (non-hydrogen) atoms. The highest BCUT2D eigenvalue weighted by atomic mass is 79.9. The maximum Gasteiger partial charge on any atom is 0.146 e. The van der Waals surface area contributed by atoms with Crippen LogP contribution in [0.4, 0.5) is 18.9 Å². The lowest BCUT2D eigenvalue weighted by molar-refractivity contribution is 0.533. The first kappa shape index (κ1) is 17.7. The van der Waals surface area contributed by atoms with Crippen molar-refractivity contribution in [1.82, 2.24) is 0 Å². The molecule has 0 aliphatic carbocycles. The van der Waals surface area contributed by atoms with Gasteiger partial charge in [0.15, 0.2) is 0 Å². The number of hydrogen-bond donors (Lipinski definition) is 0. The minimum Gasteiger partial charge on any atom is -0.369 e. The minimum atomic E-state index is -0.508. The molecule has 1 fully saturated rings. The van der Waals surface area contributed by atoms with Crippen molar-refractivity contribution in [3.05, 3.63) is 59.4 Å². The molecule has 3 rings (SSSR count). The molecule has 0 radical (unpaired) electrons. The molecule has 128 valence electrons. The molecule has 1 saturated heterocycles. The fourth-order valence-corrected chi connectivity index (χ4v) is 4.34. The van der Waals surface area contributed by atoms with Gasteiger partial charge < -0.3 is 4.90 Å². The van der Waals surface area contributed by atoms with Crippen molar-refractivity contribution >= 4 is 33.4 Å². The topological polar surface area (TPSA) is 3.24 Å². The summed E-state index contributed by atoms with van der Waals surface area (Å²) >= 11 is 4.46. The molecule has 6 heteroatoms. The Labute approximate surface area is 152 Å². The summed E-state index contributed by atoms with van der Waals surface area (Å²) in [6.07, 6.45) is 1.52. The smallest absolute Gasteiger partial charge is 0.146 e. The lowest BCUT2D eigenvalue weighted by Crippen LogP contribution is -2.35. The van der Waals surface area contributed by atoms with Gasteiger partial charge in [0.2, 0.25) is 0 Å². The van der Waals surface area contributed by atoms with Gasteiger partial charge in [-0.1, -0.05) is 28.1 Å². The number of rotatable bonds is 4. The van der Waals surface area contributed by atoms with Crippen molar-refractivity contribution in [2.75, 3.05) is 18.0 Å². The number of benzene rings is 2. The van der Waals surface area contributed by atoms with E-state index in [-0.39, 0.29) is 16.0 Å². The van der Waals surface area contributed by atoms with Crippen molar-refractivity contribution in [3.8, 4) is 0 Å². The van der Waals surface area contributed by atoms with Crippen LogP contribution in [0.15, 0.2) is 41.3 Å². The van der Waals surface area contributed by atoms with Crippen LogP contribution in [-0.4, -0.2) is 18.3 Å². The Bertz CT molecular complexity index is 694. The van der Waals surface area contributed by atoms with Crippen LogP contribution in [0.25, 0.3) is 0 Å². The zero-order chi connectivity index (χ0) is 17.1. The third kappa shape index (κ3) is 3.91. The first-order valence-corrected chi connectivity index (χ1v) is 9.78. The van der Waals surface area contributed by atoms with Gasteiger partial charge in [-0.25, -0.2) is 13.2 Å². The second-order valence-corrected chi connectivity index (χ2v) is 7.65. The summed E-state index contributed by atoms with van der Waals surface area (Å²) in [4.78, 5) is 2.08. The molecule has 0 unspecified atom stereocenters. The first-order valence-electron chi connectivity index (χ1n) is 7.78. The van der Waals surface area contributed by atoms with Crippen LogP contribution in [0.2, 0.25) is 0 Å². The van der Waals surface area contributed by atoms with Crippen molar-refractivity contribution in [1.29, 1.82) is 0 Å². The first-order chi connectivity index (χ1) is 11.6. The predicted octanol–water partition coefficient (Wildman–Crippen LogP) is 5.76. The number of hydrogen-bond acceptors (Lipinski definition) is 2. The Morgan fingerprint density at radius 2 is 1.62 bits per heavy atom. The maximum atomic E-state index is 14.1. The van der Waals surface area contributed by atoms with Crippen molar-refractivity contribution in [2.24, 2.45) is 0 Å². The molecule has 1 heterocycles. The lowest BCUT2D eigenvalue weighted by Gasteiger charge is -2.33. The van der Waals surface area contributed by atoms with Gasteiger partial charge in [0.1, 0.15) is 17.5 Å². The van der Waals surface area contributed by atoms with Gasteiger partial charge in [0.05, 0.1) is 10.6 Å². The van der Waals surface area contributed by atoms with Crippen LogP contribution in [0.3, 0.4) is 0 Å². The van der Waals surface area contributed by atoms with E-state index in [0.717, 1.165) is 12.8 Å². The van der Waals surface area contributed by atoms with Crippen LogP contribution in [0.5, 0.6) is 0 Å². The Hall–Kier alpha value is -1.14. The summed E-state index contributed by atoms with van der Waals surface area (Å²) in [6, 6.07) is 9.44. The number of anilines is 1. The molecule has 1 nitrogen and oxygen atoms in total. The summed E-state index contributed by atoms with van der Waals surface area (Å²) in [5, 5.41) is 0.555. The number of alkyl halides is 1.